The van der Waals surface area contributed by atoms with Crippen molar-refractivity contribution in [3.05, 3.63) is 57.3 Å². The van der Waals surface area contributed by atoms with Gasteiger partial charge in [-0.3, -0.25) is 4.79 Å². The van der Waals surface area contributed by atoms with Crippen LogP contribution in [0.3, 0.4) is 0 Å². The van der Waals surface area contributed by atoms with Crippen LogP contribution in [-0.4, -0.2) is 5.91 Å². The zero-order valence-corrected chi connectivity index (χ0v) is 11.1. The molecule has 2 rings (SSSR count). The summed E-state index contributed by atoms with van der Waals surface area (Å²) in [6.45, 7) is 3.65. The molecule has 0 aliphatic carbocycles. The predicted octanol–water partition coefficient (Wildman–Crippen LogP) is 2.45. The summed E-state index contributed by atoms with van der Waals surface area (Å²) in [6, 6.07) is 7.68. The van der Waals surface area contributed by atoms with Gasteiger partial charge in [-0.05, 0) is 52.6 Å². The average molecular weight is 260 g/mol. The monoisotopic (exact) mass is 260 g/mol. The van der Waals surface area contributed by atoms with Crippen molar-refractivity contribution in [3.63, 3.8) is 0 Å². The second kappa shape index (κ2) is 5.80. The zero-order valence-electron chi connectivity index (χ0n) is 10.3. The van der Waals surface area contributed by atoms with Gasteiger partial charge in [0.15, 0.2) is 0 Å². The molecule has 1 heterocycles. The van der Waals surface area contributed by atoms with E-state index in [-0.39, 0.29) is 5.91 Å². The van der Waals surface area contributed by atoms with Gasteiger partial charge in [-0.25, -0.2) is 0 Å². The van der Waals surface area contributed by atoms with E-state index in [9.17, 15) is 4.79 Å². The summed E-state index contributed by atoms with van der Waals surface area (Å²) in [6.07, 6.45) is 0. The maximum atomic E-state index is 11.0. The normalized spacial score (nSPS) is 10.5. The number of hydrogen-bond acceptors (Lipinski definition) is 3. The van der Waals surface area contributed by atoms with E-state index in [1.165, 1.54) is 11.1 Å². The highest BCUT2D eigenvalue weighted by molar-refractivity contribution is 7.07. The zero-order chi connectivity index (χ0) is 13.0. The fourth-order valence-corrected chi connectivity index (χ4v) is 2.45. The van der Waals surface area contributed by atoms with Gasteiger partial charge < -0.3 is 11.1 Å². The number of benzene rings is 1. The lowest BCUT2D eigenvalue weighted by Gasteiger charge is -2.08. The average Bonchev–Trinajstić information content (AvgIpc) is 2.84. The Kier molecular flexibility index (Phi) is 4.12. The van der Waals surface area contributed by atoms with Crippen molar-refractivity contribution in [2.24, 2.45) is 5.73 Å². The van der Waals surface area contributed by atoms with Gasteiger partial charge >= 0.3 is 0 Å². The summed E-state index contributed by atoms with van der Waals surface area (Å²) in [5, 5.41) is 7.59. The van der Waals surface area contributed by atoms with E-state index >= 15 is 0 Å². The van der Waals surface area contributed by atoms with Crippen LogP contribution in [0.2, 0.25) is 0 Å². The van der Waals surface area contributed by atoms with Crippen LogP contribution in [0.4, 0.5) is 0 Å². The van der Waals surface area contributed by atoms with E-state index in [4.69, 9.17) is 5.73 Å². The highest BCUT2D eigenvalue weighted by Gasteiger charge is 2.04. The van der Waals surface area contributed by atoms with E-state index in [0.717, 1.165) is 18.7 Å². The van der Waals surface area contributed by atoms with Crippen LogP contribution in [0.5, 0.6) is 0 Å². The van der Waals surface area contributed by atoms with Gasteiger partial charge in [0.25, 0.3) is 0 Å². The molecule has 0 unspecified atom stereocenters. The third-order valence-electron chi connectivity index (χ3n) is 2.85. The Bertz CT molecular complexity index is 535. The van der Waals surface area contributed by atoms with Gasteiger partial charge in [0.05, 0.1) is 0 Å². The first-order chi connectivity index (χ1) is 8.66. The molecular weight excluding hydrogens is 244 g/mol. The predicted molar refractivity (Wildman–Crippen MR) is 74.6 cm³/mol. The van der Waals surface area contributed by atoms with Crippen LogP contribution in [-0.2, 0) is 13.1 Å². The second-order valence-electron chi connectivity index (χ2n) is 4.24. The van der Waals surface area contributed by atoms with E-state index in [2.05, 4.69) is 22.1 Å². The molecule has 0 bridgehead atoms. The molecule has 3 N–H and O–H groups in total. The number of nitrogens with two attached hydrogens (primary N) is 1. The Morgan fingerprint density at radius 1 is 1.33 bits per heavy atom. The highest BCUT2D eigenvalue weighted by Crippen LogP contribution is 2.11. The third kappa shape index (κ3) is 3.18. The number of carbonyl (C=O) groups is 1. The molecule has 3 nitrogen and oxygen atoms in total. The molecule has 18 heavy (non-hydrogen) atoms. The number of amides is 1. The number of thiophene rings is 1. The maximum Gasteiger partial charge on any atom is 0.248 e. The van der Waals surface area contributed by atoms with Crippen molar-refractivity contribution in [2.75, 3.05) is 0 Å². The SMILES string of the molecule is Cc1cc(C(N)=O)ccc1CNCc1ccsc1. The Balaban J connectivity index is 1.95. The Labute approximate surface area is 111 Å². The van der Waals surface area contributed by atoms with Crippen molar-refractivity contribution in [1.29, 1.82) is 0 Å². The van der Waals surface area contributed by atoms with E-state index in [0.29, 0.717) is 5.56 Å². The van der Waals surface area contributed by atoms with E-state index < -0.39 is 0 Å². The fourth-order valence-electron chi connectivity index (χ4n) is 1.78. The van der Waals surface area contributed by atoms with Crippen LogP contribution >= 0.6 is 11.3 Å². The minimum absolute atomic E-state index is 0.379. The van der Waals surface area contributed by atoms with Gasteiger partial charge in [-0.15, -0.1) is 0 Å². The van der Waals surface area contributed by atoms with Crippen molar-refractivity contribution < 1.29 is 4.79 Å². The van der Waals surface area contributed by atoms with Gasteiger partial charge in [0.2, 0.25) is 5.91 Å². The van der Waals surface area contributed by atoms with Gasteiger partial charge in [-0.2, -0.15) is 11.3 Å². The highest BCUT2D eigenvalue weighted by atomic mass is 32.1. The Hall–Kier alpha value is -1.65. The van der Waals surface area contributed by atoms with Gasteiger partial charge in [-0.1, -0.05) is 6.07 Å². The smallest absolute Gasteiger partial charge is 0.248 e. The quantitative estimate of drug-likeness (QED) is 0.867. The van der Waals surface area contributed by atoms with E-state index in [1.807, 2.05) is 19.1 Å². The summed E-state index contributed by atoms with van der Waals surface area (Å²) >= 11 is 1.70. The lowest BCUT2D eigenvalue weighted by Crippen LogP contribution is -2.15. The number of hydrogen-bond donors (Lipinski definition) is 2. The van der Waals surface area contributed by atoms with Crippen molar-refractivity contribution in [1.82, 2.24) is 5.32 Å². The number of rotatable bonds is 5. The first-order valence-electron chi connectivity index (χ1n) is 5.78. The molecule has 1 aromatic carbocycles. The first-order valence-corrected chi connectivity index (χ1v) is 6.72. The molecular formula is C14H16N2OS. The number of carbonyl (C=O) groups excluding carboxylic acids is 1. The molecule has 0 atom stereocenters. The minimum atomic E-state index is -0.379. The minimum Gasteiger partial charge on any atom is -0.366 e. The molecule has 1 aromatic heterocycles. The van der Waals surface area contributed by atoms with Crippen LogP contribution in [0, 0.1) is 6.92 Å². The van der Waals surface area contributed by atoms with Crippen LogP contribution in [0.15, 0.2) is 35.0 Å². The Morgan fingerprint density at radius 2 is 2.17 bits per heavy atom. The lowest BCUT2D eigenvalue weighted by atomic mass is 10.0. The molecule has 0 aliphatic rings. The van der Waals surface area contributed by atoms with E-state index in [1.54, 1.807) is 17.4 Å². The molecule has 0 spiro atoms. The number of aryl methyl sites for hydroxylation is 1. The molecule has 0 saturated heterocycles. The van der Waals surface area contributed by atoms with Gasteiger partial charge in [0, 0.05) is 18.7 Å². The third-order valence-corrected chi connectivity index (χ3v) is 3.58. The molecule has 0 radical (unpaired) electrons. The molecule has 94 valence electrons. The van der Waals surface area contributed by atoms with Crippen LogP contribution < -0.4 is 11.1 Å². The largest absolute Gasteiger partial charge is 0.366 e. The molecule has 0 saturated carbocycles. The van der Waals surface area contributed by atoms with Crippen molar-refractivity contribution in [3.8, 4) is 0 Å². The summed E-state index contributed by atoms with van der Waals surface area (Å²) in [7, 11) is 0. The number of primary amides is 1. The fraction of sp³-hybridized carbons (Fsp3) is 0.214. The summed E-state index contributed by atoms with van der Waals surface area (Å²) in [5.41, 5.74) is 9.38. The molecule has 2 aromatic rings. The molecule has 0 aliphatic heterocycles. The lowest BCUT2D eigenvalue weighted by molar-refractivity contribution is 0.1000. The topological polar surface area (TPSA) is 55.1 Å². The maximum absolute atomic E-state index is 11.0. The summed E-state index contributed by atoms with van der Waals surface area (Å²) in [4.78, 5) is 11.0. The molecule has 1 amide bonds. The Morgan fingerprint density at radius 3 is 2.78 bits per heavy atom. The summed E-state index contributed by atoms with van der Waals surface area (Å²) < 4.78 is 0. The van der Waals surface area contributed by atoms with Gasteiger partial charge in [0.1, 0.15) is 0 Å². The van der Waals surface area contributed by atoms with Crippen LogP contribution in [0.25, 0.3) is 0 Å². The number of nitrogens with one attached hydrogen (secondary N) is 1. The second-order valence-corrected chi connectivity index (χ2v) is 5.02. The van der Waals surface area contributed by atoms with Crippen LogP contribution in [0.1, 0.15) is 27.0 Å². The van der Waals surface area contributed by atoms with Crippen molar-refractivity contribution >= 4 is 17.2 Å². The molecule has 0 fully saturated rings. The molecule has 4 heteroatoms. The standard InChI is InChI=1S/C14H16N2OS/c1-10-6-12(14(15)17)2-3-13(10)8-16-7-11-4-5-18-9-11/h2-6,9,16H,7-8H2,1H3,(H2,15,17). The summed E-state index contributed by atoms with van der Waals surface area (Å²) in [5.74, 6) is -0.379. The van der Waals surface area contributed by atoms with Crippen molar-refractivity contribution in [2.45, 2.75) is 20.0 Å². The first kappa shape index (κ1) is 12.8.